The van der Waals surface area contributed by atoms with Crippen LogP contribution in [0.1, 0.15) is 31.7 Å². The molecule has 0 saturated carbocycles. The van der Waals surface area contributed by atoms with Gasteiger partial charge in [0.2, 0.25) is 0 Å². The molecule has 0 amide bonds. The van der Waals surface area contributed by atoms with Crippen LogP contribution in [0.4, 0.5) is 0 Å². The Morgan fingerprint density at radius 1 is 1.50 bits per heavy atom. The van der Waals surface area contributed by atoms with Crippen LogP contribution in [0, 0.1) is 0 Å². The average molecular weight is 240 g/mol. The Morgan fingerprint density at radius 3 is 2.88 bits per heavy atom. The Labute approximate surface area is 99.3 Å². The van der Waals surface area contributed by atoms with E-state index in [-0.39, 0.29) is 6.04 Å². The maximum absolute atomic E-state index is 10.8. The highest BCUT2D eigenvalue weighted by Gasteiger charge is 2.00. The van der Waals surface area contributed by atoms with Crippen LogP contribution in [0.25, 0.3) is 0 Å². The highest BCUT2D eigenvalue weighted by Crippen LogP contribution is 2.12. The predicted octanol–water partition coefficient (Wildman–Crippen LogP) is 1.98. The molecule has 0 aliphatic heterocycles. The van der Waals surface area contributed by atoms with Crippen molar-refractivity contribution in [2.24, 2.45) is 5.73 Å². The lowest BCUT2D eigenvalue weighted by Crippen LogP contribution is -2.18. The molecule has 1 aromatic carbocycles. The molecule has 2 N–H and O–H groups in total. The van der Waals surface area contributed by atoms with Crippen molar-refractivity contribution in [1.82, 2.24) is 0 Å². The molecule has 4 heteroatoms. The number of nitrogens with two attached hydrogens (primary N) is 1. The molecular weight excluding hydrogens is 222 g/mol. The van der Waals surface area contributed by atoms with Crippen LogP contribution < -0.4 is 5.73 Å². The molecule has 90 valence electrons. The summed E-state index contributed by atoms with van der Waals surface area (Å²) < 4.78 is 21.5. The summed E-state index contributed by atoms with van der Waals surface area (Å²) in [6, 6.07) is 7.32. The van der Waals surface area contributed by atoms with Gasteiger partial charge in [0.15, 0.2) is 0 Å². The summed E-state index contributed by atoms with van der Waals surface area (Å²) in [4.78, 5) is 0.359. The maximum atomic E-state index is 10.8. The van der Waals surface area contributed by atoms with Crippen molar-refractivity contribution in [1.29, 1.82) is 0 Å². The summed E-state index contributed by atoms with van der Waals surface area (Å²) in [6.07, 6.45) is 3.87. The Bertz CT molecular complexity index is 355. The van der Waals surface area contributed by atoms with Crippen LogP contribution >= 0.6 is 0 Å². The Kier molecular flexibility index (Phi) is 5.66. The zero-order valence-corrected chi connectivity index (χ0v) is 10.3. The third kappa shape index (κ3) is 4.43. The minimum atomic E-state index is -2.13. The van der Waals surface area contributed by atoms with Crippen molar-refractivity contribution in [2.45, 2.75) is 43.5 Å². The fourth-order valence-corrected chi connectivity index (χ4v) is 2.01. The van der Waals surface area contributed by atoms with Crippen molar-refractivity contribution in [2.75, 3.05) is 0 Å². The molecule has 0 aliphatic carbocycles. The molecule has 16 heavy (non-hydrogen) atoms. The topological polar surface area (TPSA) is 66.2 Å². The first-order chi connectivity index (χ1) is 7.63. The summed E-state index contributed by atoms with van der Waals surface area (Å²) in [7, 11) is 0. The molecule has 0 fully saturated rings. The highest BCUT2D eigenvalue weighted by molar-refractivity contribution is 7.79. The van der Waals surface area contributed by atoms with Gasteiger partial charge in [0.1, 0.15) is 0 Å². The van der Waals surface area contributed by atoms with Gasteiger partial charge in [-0.25, -0.2) is 0 Å². The smallest absolute Gasteiger partial charge is 0.0251 e. The van der Waals surface area contributed by atoms with Crippen molar-refractivity contribution in [3.63, 3.8) is 0 Å². The summed E-state index contributed by atoms with van der Waals surface area (Å²) in [5, 5.41) is 0. The zero-order chi connectivity index (χ0) is 12.0. The standard InChI is InChI=1S/C12H19NO2S/c1-2-11(13)7-3-5-10-6-4-8-12(9-10)16(14)15/h4,6,8-9,11H,2-3,5,7,13H2,1H3,(H,14,15)/p-1. The number of hydrogen-bond acceptors (Lipinski definition) is 3. The van der Waals surface area contributed by atoms with E-state index in [4.69, 9.17) is 5.73 Å². The fourth-order valence-electron chi connectivity index (χ4n) is 1.58. The van der Waals surface area contributed by atoms with Crippen molar-refractivity contribution in [3.8, 4) is 0 Å². The molecule has 0 bridgehead atoms. The fraction of sp³-hybridized carbons (Fsp3) is 0.500. The third-order valence-electron chi connectivity index (χ3n) is 2.66. The lowest BCUT2D eigenvalue weighted by molar-refractivity contribution is 0.536. The summed E-state index contributed by atoms with van der Waals surface area (Å²) in [5.74, 6) is 0. The second kappa shape index (κ2) is 6.78. The monoisotopic (exact) mass is 240 g/mol. The molecule has 0 spiro atoms. The van der Waals surface area contributed by atoms with Gasteiger partial charge in [0, 0.05) is 10.9 Å². The number of hydrogen-bond donors (Lipinski definition) is 1. The van der Waals surface area contributed by atoms with Gasteiger partial charge < -0.3 is 10.3 Å². The van der Waals surface area contributed by atoms with Gasteiger partial charge in [0.05, 0.1) is 0 Å². The zero-order valence-electron chi connectivity index (χ0n) is 9.52. The van der Waals surface area contributed by atoms with Crippen LogP contribution in [-0.2, 0) is 17.5 Å². The summed E-state index contributed by atoms with van der Waals surface area (Å²) >= 11 is -2.13. The SMILES string of the molecule is CCC(N)CCCc1cccc(S(=O)[O-])c1. The average Bonchev–Trinajstić information content (AvgIpc) is 2.29. The highest BCUT2D eigenvalue weighted by atomic mass is 32.2. The minimum Gasteiger partial charge on any atom is -0.768 e. The van der Waals surface area contributed by atoms with E-state index in [1.807, 2.05) is 6.07 Å². The van der Waals surface area contributed by atoms with Crippen LogP contribution in [0.2, 0.25) is 0 Å². The molecule has 2 atom stereocenters. The first kappa shape index (κ1) is 13.4. The largest absolute Gasteiger partial charge is 0.768 e. The van der Waals surface area contributed by atoms with Gasteiger partial charge in [-0.2, -0.15) is 0 Å². The van der Waals surface area contributed by atoms with Gasteiger partial charge in [-0.05, 0) is 54.5 Å². The molecule has 0 radical (unpaired) electrons. The van der Waals surface area contributed by atoms with Crippen LogP contribution in [0.3, 0.4) is 0 Å². The molecule has 3 nitrogen and oxygen atoms in total. The number of benzene rings is 1. The second-order valence-corrected chi connectivity index (χ2v) is 4.88. The van der Waals surface area contributed by atoms with Gasteiger partial charge in [-0.15, -0.1) is 0 Å². The summed E-state index contributed by atoms with van der Waals surface area (Å²) in [6.45, 7) is 2.08. The molecule has 0 aliphatic rings. The maximum Gasteiger partial charge on any atom is 0.0251 e. The van der Waals surface area contributed by atoms with Crippen molar-refractivity contribution >= 4 is 11.1 Å². The van der Waals surface area contributed by atoms with E-state index in [9.17, 15) is 8.76 Å². The Balaban J connectivity index is 2.48. The van der Waals surface area contributed by atoms with E-state index in [0.717, 1.165) is 31.2 Å². The van der Waals surface area contributed by atoms with Crippen molar-refractivity contribution < 1.29 is 8.76 Å². The van der Waals surface area contributed by atoms with Gasteiger partial charge >= 0.3 is 0 Å². The molecular formula is C12H18NO2S-. The molecule has 0 aromatic heterocycles. The third-order valence-corrected chi connectivity index (χ3v) is 3.29. The van der Waals surface area contributed by atoms with E-state index < -0.39 is 11.1 Å². The lowest BCUT2D eigenvalue weighted by Gasteiger charge is -2.09. The van der Waals surface area contributed by atoms with E-state index in [0.29, 0.717) is 4.90 Å². The number of rotatable bonds is 6. The van der Waals surface area contributed by atoms with Gasteiger partial charge in [-0.3, -0.25) is 4.21 Å². The molecule has 1 aromatic rings. The predicted molar refractivity (Wildman–Crippen MR) is 64.8 cm³/mol. The number of aryl methyl sites for hydroxylation is 1. The van der Waals surface area contributed by atoms with E-state index in [1.165, 1.54) is 0 Å². The second-order valence-electron chi connectivity index (χ2n) is 3.94. The Hall–Kier alpha value is -0.710. The lowest BCUT2D eigenvalue weighted by atomic mass is 10.0. The first-order valence-corrected chi connectivity index (χ1v) is 6.64. The molecule has 0 saturated heterocycles. The van der Waals surface area contributed by atoms with Gasteiger partial charge in [0.25, 0.3) is 0 Å². The summed E-state index contributed by atoms with van der Waals surface area (Å²) in [5.41, 5.74) is 6.88. The molecule has 0 heterocycles. The minimum absolute atomic E-state index is 0.261. The van der Waals surface area contributed by atoms with Crippen molar-refractivity contribution in [3.05, 3.63) is 29.8 Å². The first-order valence-electron chi connectivity index (χ1n) is 5.57. The van der Waals surface area contributed by atoms with E-state index >= 15 is 0 Å². The normalized spacial score (nSPS) is 14.7. The van der Waals surface area contributed by atoms with Gasteiger partial charge in [-0.1, -0.05) is 19.1 Å². The van der Waals surface area contributed by atoms with Crippen LogP contribution in [-0.4, -0.2) is 14.8 Å². The molecule has 1 rings (SSSR count). The van der Waals surface area contributed by atoms with E-state index in [2.05, 4.69) is 6.92 Å². The van der Waals surface area contributed by atoms with E-state index in [1.54, 1.807) is 18.2 Å². The molecule has 2 unspecified atom stereocenters. The van der Waals surface area contributed by atoms with Crippen LogP contribution in [0.15, 0.2) is 29.2 Å². The Morgan fingerprint density at radius 2 is 2.25 bits per heavy atom. The van der Waals surface area contributed by atoms with Crippen LogP contribution in [0.5, 0.6) is 0 Å². The quantitative estimate of drug-likeness (QED) is 0.773.